The summed E-state index contributed by atoms with van der Waals surface area (Å²) in [6.07, 6.45) is 0.659. The monoisotopic (exact) mass is 287 g/mol. The van der Waals surface area contributed by atoms with Crippen LogP contribution in [-0.2, 0) is 6.42 Å². The molecule has 0 aliphatic rings. The number of nitrogens with one attached hydrogen (secondary N) is 1. The number of benzene rings is 2. The lowest BCUT2D eigenvalue weighted by Crippen LogP contribution is -2.31. The molecule has 0 heterocycles. The number of halogens is 1. The molecule has 2 atom stereocenters. The number of hydrogen-bond donors (Lipinski definition) is 1. The molecule has 0 saturated heterocycles. The van der Waals surface area contributed by atoms with Gasteiger partial charge >= 0.3 is 0 Å². The number of ether oxygens (including phenoxy) is 1. The van der Waals surface area contributed by atoms with Crippen LogP contribution in [-0.4, -0.2) is 13.2 Å². The normalized spacial score (nSPS) is 13.7. The Bertz CT molecular complexity index is 585. The molecule has 2 nitrogen and oxygen atoms in total. The topological polar surface area (TPSA) is 21.3 Å². The Morgan fingerprint density at radius 1 is 1.05 bits per heavy atom. The first kappa shape index (κ1) is 15.5. The van der Waals surface area contributed by atoms with E-state index < -0.39 is 0 Å². The molecule has 0 saturated carbocycles. The maximum atomic E-state index is 13.7. The van der Waals surface area contributed by atoms with Gasteiger partial charge in [0.25, 0.3) is 0 Å². The zero-order chi connectivity index (χ0) is 15.2. The molecule has 2 aromatic carbocycles. The quantitative estimate of drug-likeness (QED) is 0.863. The molecule has 2 aromatic rings. The van der Waals surface area contributed by atoms with Crippen LogP contribution in [0.15, 0.2) is 48.5 Å². The van der Waals surface area contributed by atoms with E-state index in [0.29, 0.717) is 6.42 Å². The molecule has 0 bridgehead atoms. The Morgan fingerprint density at radius 2 is 1.71 bits per heavy atom. The Kier molecular flexibility index (Phi) is 5.34. The molecule has 0 amide bonds. The average molecular weight is 287 g/mol. The number of rotatable bonds is 6. The second kappa shape index (κ2) is 7.23. The van der Waals surface area contributed by atoms with Gasteiger partial charge in [-0.1, -0.05) is 36.4 Å². The largest absolute Gasteiger partial charge is 0.496 e. The predicted molar refractivity (Wildman–Crippen MR) is 84.1 cm³/mol. The van der Waals surface area contributed by atoms with Crippen molar-refractivity contribution in [1.29, 1.82) is 0 Å². The summed E-state index contributed by atoms with van der Waals surface area (Å²) in [4.78, 5) is 0. The molecule has 0 aliphatic heterocycles. The first-order valence-corrected chi connectivity index (χ1v) is 7.24. The van der Waals surface area contributed by atoms with E-state index >= 15 is 0 Å². The highest BCUT2D eigenvalue weighted by molar-refractivity contribution is 5.35. The first-order valence-electron chi connectivity index (χ1n) is 7.24. The highest BCUT2D eigenvalue weighted by Gasteiger charge is 2.14. The van der Waals surface area contributed by atoms with Crippen molar-refractivity contribution in [2.24, 2.45) is 0 Å². The van der Waals surface area contributed by atoms with Gasteiger partial charge in [-0.3, -0.25) is 0 Å². The van der Waals surface area contributed by atoms with E-state index in [2.05, 4.69) is 19.2 Å². The van der Waals surface area contributed by atoms with Crippen LogP contribution in [0.5, 0.6) is 5.75 Å². The van der Waals surface area contributed by atoms with Gasteiger partial charge < -0.3 is 10.1 Å². The van der Waals surface area contributed by atoms with Crippen LogP contribution in [0.3, 0.4) is 0 Å². The standard InChI is InChI=1S/C18H22FNO/c1-13(12-15-8-4-6-10-17(15)19)20-14(2)16-9-5-7-11-18(16)21-3/h4-11,13-14,20H,12H2,1-3H3/t13?,14-/m1/s1. The van der Waals surface area contributed by atoms with Crippen molar-refractivity contribution < 1.29 is 9.13 Å². The van der Waals surface area contributed by atoms with Crippen LogP contribution >= 0.6 is 0 Å². The van der Waals surface area contributed by atoms with Gasteiger partial charge in [0.1, 0.15) is 11.6 Å². The van der Waals surface area contributed by atoms with Gasteiger partial charge in [0.05, 0.1) is 7.11 Å². The number of para-hydroxylation sites is 1. The first-order chi connectivity index (χ1) is 10.1. The van der Waals surface area contributed by atoms with E-state index in [1.807, 2.05) is 36.4 Å². The van der Waals surface area contributed by atoms with Crippen molar-refractivity contribution in [3.05, 3.63) is 65.5 Å². The summed E-state index contributed by atoms with van der Waals surface area (Å²) in [6, 6.07) is 15.2. The van der Waals surface area contributed by atoms with Crippen LogP contribution < -0.4 is 10.1 Å². The summed E-state index contributed by atoms with van der Waals surface area (Å²) in [7, 11) is 1.67. The van der Waals surface area contributed by atoms with Crippen molar-refractivity contribution in [3.63, 3.8) is 0 Å². The lowest BCUT2D eigenvalue weighted by Gasteiger charge is -2.22. The highest BCUT2D eigenvalue weighted by atomic mass is 19.1. The van der Waals surface area contributed by atoms with Crippen molar-refractivity contribution in [2.75, 3.05) is 7.11 Å². The molecule has 3 heteroatoms. The number of hydrogen-bond acceptors (Lipinski definition) is 2. The Labute approximate surface area is 126 Å². The van der Waals surface area contributed by atoms with E-state index in [9.17, 15) is 4.39 Å². The Hall–Kier alpha value is -1.87. The van der Waals surface area contributed by atoms with Gasteiger partial charge in [0, 0.05) is 17.6 Å². The summed E-state index contributed by atoms with van der Waals surface area (Å²) < 4.78 is 19.1. The van der Waals surface area contributed by atoms with E-state index in [1.165, 1.54) is 6.07 Å². The van der Waals surface area contributed by atoms with Gasteiger partial charge in [-0.25, -0.2) is 4.39 Å². The van der Waals surface area contributed by atoms with Gasteiger partial charge in [-0.2, -0.15) is 0 Å². The van der Waals surface area contributed by atoms with Gasteiger partial charge in [-0.05, 0) is 38.0 Å². The molecule has 1 N–H and O–H groups in total. The molecule has 0 radical (unpaired) electrons. The minimum absolute atomic E-state index is 0.142. The Balaban J connectivity index is 2.02. The molecule has 2 rings (SSSR count). The minimum Gasteiger partial charge on any atom is -0.496 e. The molecule has 0 aliphatic carbocycles. The fraction of sp³-hybridized carbons (Fsp3) is 0.333. The Morgan fingerprint density at radius 3 is 2.43 bits per heavy atom. The lowest BCUT2D eigenvalue weighted by atomic mass is 10.0. The maximum Gasteiger partial charge on any atom is 0.126 e. The van der Waals surface area contributed by atoms with Crippen molar-refractivity contribution in [1.82, 2.24) is 5.32 Å². The molecular weight excluding hydrogens is 265 g/mol. The maximum absolute atomic E-state index is 13.7. The van der Waals surface area contributed by atoms with Crippen LogP contribution in [0, 0.1) is 5.82 Å². The van der Waals surface area contributed by atoms with Crippen LogP contribution in [0.2, 0.25) is 0 Å². The smallest absolute Gasteiger partial charge is 0.126 e. The lowest BCUT2D eigenvalue weighted by molar-refractivity contribution is 0.394. The van der Waals surface area contributed by atoms with E-state index in [0.717, 1.165) is 16.9 Å². The van der Waals surface area contributed by atoms with E-state index in [1.54, 1.807) is 13.2 Å². The molecule has 1 unspecified atom stereocenters. The zero-order valence-corrected chi connectivity index (χ0v) is 12.8. The van der Waals surface area contributed by atoms with E-state index in [4.69, 9.17) is 4.74 Å². The summed E-state index contributed by atoms with van der Waals surface area (Å²) in [6.45, 7) is 4.16. The third kappa shape index (κ3) is 4.05. The van der Waals surface area contributed by atoms with Gasteiger partial charge in [0.15, 0.2) is 0 Å². The second-order valence-corrected chi connectivity index (χ2v) is 5.33. The summed E-state index contributed by atoms with van der Waals surface area (Å²) in [5, 5.41) is 3.50. The molecule has 0 aromatic heterocycles. The van der Waals surface area contributed by atoms with E-state index in [-0.39, 0.29) is 17.9 Å². The summed E-state index contributed by atoms with van der Waals surface area (Å²) in [5.41, 5.74) is 1.85. The zero-order valence-electron chi connectivity index (χ0n) is 12.8. The van der Waals surface area contributed by atoms with Crippen molar-refractivity contribution in [2.45, 2.75) is 32.4 Å². The van der Waals surface area contributed by atoms with Crippen molar-refractivity contribution in [3.8, 4) is 5.75 Å². The average Bonchev–Trinajstić information content (AvgIpc) is 2.49. The highest BCUT2D eigenvalue weighted by Crippen LogP contribution is 2.25. The number of methoxy groups -OCH3 is 1. The third-order valence-corrected chi connectivity index (χ3v) is 3.62. The fourth-order valence-corrected chi connectivity index (χ4v) is 2.59. The molecule has 112 valence electrons. The summed E-state index contributed by atoms with van der Waals surface area (Å²) >= 11 is 0. The minimum atomic E-state index is -0.143. The predicted octanol–water partition coefficient (Wildman–Crippen LogP) is 4.12. The SMILES string of the molecule is COc1ccccc1[C@@H](C)NC(C)Cc1ccccc1F. The molecule has 0 fully saturated rings. The molecular formula is C18H22FNO. The second-order valence-electron chi connectivity index (χ2n) is 5.33. The molecule has 0 spiro atoms. The van der Waals surface area contributed by atoms with Crippen LogP contribution in [0.4, 0.5) is 4.39 Å². The fourth-order valence-electron chi connectivity index (χ4n) is 2.59. The molecule has 21 heavy (non-hydrogen) atoms. The van der Waals surface area contributed by atoms with Crippen molar-refractivity contribution >= 4 is 0 Å². The van der Waals surface area contributed by atoms with Crippen LogP contribution in [0.25, 0.3) is 0 Å². The van der Waals surface area contributed by atoms with Gasteiger partial charge in [0.2, 0.25) is 0 Å². The van der Waals surface area contributed by atoms with Crippen LogP contribution in [0.1, 0.15) is 31.0 Å². The third-order valence-electron chi connectivity index (χ3n) is 3.62. The summed E-state index contributed by atoms with van der Waals surface area (Å²) in [5.74, 6) is 0.728. The van der Waals surface area contributed by atoms with Gasteiger partial charge in [-0.15, -0.1) is 0 Å².